The molecule has 1 aliphatic carbocycles. The van der Waals surface area contributed by atoms with Crippen molar-refractivity contribution in [3.63, 3.8) is 0 Å². The van der Waals surface area contributed by atoms with E-state index in [1.54, 1.807) is 4.90 Å². The lowest BCUT2D eigenvalue weighted by molar-refractivity contribution is -0.143. The van der Waals surface area contributed by atoms with E-state index >= 15 is 0 Å². The van der Waals surface area contributed by atoms with Gasteiger partial charge < -0.3 is 10.2 Å². The summed E-state index contributed by atoms with van der Waals surface area (Å²) in [4.78, 5) is 41.7. The molecule has 1 aliphatic heterocycles. The van der Waals surface area contributed by atoms with Gasteiger partial charge in [-0.05, 0) is 45.1 Å². The van der Waals surface area contributed by atoms with Gasteiger partial charge in [0.2, 0.25) is 5.91 Å². The van der Waals surface area contributed by atoms with E-state index < -0.39 is 17.1 Å². The van der Waals surface area contributed by atoms with Crippen LogP contribution in [0.15, 0.2) is 30.3 Å². The summed E-state index contributed by atoms with van der Waals surface area (Å²) in [5.74, 6) is -0.382. The van der Waals surface area contributed by atoms with Crippen LogP contribution < -0.4 is 5.32 Å². The lowest BCUT2D eigenvalue weighted by atomic mass is 9.73. The second-order valence-electron chi connectivity index (χ2n) is 9.08. The Hall–Kier alpha value is -2.37. The first-order valence-corrected chi connectivity index (χ1v) is 10.1. The van der Waals surface area contributed by atoms with E-state index in [9.17, 15) is 14.4 Å². The summed E-state index contributed by atoms with van der Waals surface area (Å²) in [5.41, 5.74) is -0.246. The number of amides is 4. The lowest BCUT2D eigenvalue weighted by Gasteiger charge is -2.38. The summed E-state index contributed by atoms with van der Waals surface area (Å²) in [6.45, 7) is 8.12. The van der Waals surface area contributed by atoms with Crippen molar-refractivity contribution in [2.45, 2.75) is 71.0 Å². The molecule has 1 N–H and O–H groups in total. The molecule has 1 heterocycles. The molecule has 1 aromatic carbocycles. The molecule has 2 fully saturated rings. The molecular weight excluding hydrogens is 354 g/mol. The molecule has 3 rings (SSSR count). The highest BCUT2D eigenvalue weighted by molar-refractivity contribution is 6.09. The Balaban J connectivity index is 1.78. The van der Waals surface area contributed by atoms with Gasteiger partial charge in [0, 0.05) is 12.1 Å². The molecular formula is C22H31N3O3. The summed E-state index contributed by atoms with van der Waals surface area (Å²) in [6, 6.07) is 9.31. The van der Waals surface area contributed by atoms with Crippen LogP contribution in [0.25, 0.3) is 0 Å². The lowest BCUT2D eigenvalue weighted by Crippen LogP contribution is -2.54. The minimum Gasteiger partial charge on any atom is -0.332 e. The fraction of sp³-hybridized carbons (Fsp3) is 0.591. The van der Waals surface area contributed by atoms with Gasteiger partial charge in [-0.3, -0.25) is 14.5 Å². The van der Waals surface area contributed by atoms with E-state index in [1.807, 2.05) is 58.0 Å². The van der Waals surface area contributed by atoms with Crippen LogP contribution >= 0.6 is 0 Å². The maximum Gasteiger partial charge on any atom is 0.325 e. The Labute approximate surface area is 167 Å². The number of hydrogen-bond donors (Lipinski definition) is 1. The van der Waals surface area contributed by atoms with Crippen molar-refractivity contribution in [1.29, 1.82) is 0 Å². The normalized spacial score (nSPS) is 25.1. The minimum absolute atomic E-state index is 0.0841. The standard InChI is InChI=1S/C22H31N3O3/c1-16-10-8-9-13-22(16)19(27)24(20(28)23-22)15-18(26)25(21(2,3)4)14-17-11-6-5-7-12-17/h5-7,11-12,16H,8-10,13-15H2,1-4H3,(H,23,28)/t16-,22+/m0/s1. The summed E-state index contributed by atoms with van der Waals surface area (Å²) < 4.78 is 0. The van der Waals surface area contributed by atoms with E-state index in [4.69, 9.17) is 0 Å². The van der Waals surface area contributed by atoms with Crippen molar-refractivity contribution in [3.8, 4) is 0 Å². The van der Waals surface area contributed by atoms with Gasteiger partial charge in [0.25, 0.3) is 5.91 Å². The number of carbonyl (C=O) groups is 3. The molecule has 1 spiro atoms. The predicted octanol–water partition coefficient (Wildman–Crippen LogP) is 3.31. The average molecular weight is 386 g/mol. The van der Waals surface area contributed by atoms with Crippen molar-refractivity contribution < 1.29 is 14.4 Å². The van der Waals surface area contributed by atoms with Crippen molar-refractivity contribution in [1.82, 2.24) is 15.1 Å². The molecule has 0 aromatic heterocycles. The Morgan fingerprint density at radius 3 is 2.50 bits per heavy atom. The zero-order valence-corrected chi connectivity index (χ0v) is 17.3. The molecule has 1 saturated carbocycles. The average Bonchev–Trinajstić information content (AvgIpc) is 2.87. The molecule has 2 atom stereocenters. The van der Waals surface area contributed by atoms with Gasteiger partial charge in [-0.1, -0.05) is 50.1 Å². The van der Waals surface area contributed by atoms with E-state index in [0.29, 0.717) is 13.0 Å². The monoisotopic (exact) mass is 385 g/mol. The SMILES string of the molecule is C[C@H]1CCCC[C@@]12NC(=O)N(CC(=O)N(Cc1ccccc1)C(C)(C)C)C2=O. The molecule has 1 aromatic rings. The quantitative estimate of drug-likeness (QED) is 0.809. The Morgan fingerprint density at radius 1 is 1.21 bits per heavy atom. The maximum absolute atomic E-state index is 13.1. The highest BCUT2D eigenvalue weighted by Gasteiger charge is 2.55. The van der Waals surface area contributed by atoms with E-state index in [1.165, 1.54) is 0 Å². The molecule has 4 amide bonds. The first-order chi connectivity index (χ1) is 13.1. The minimum atomic E-state index is -0.832. The largest absolute Gasteiger partial charge is 0.332 e. The molecule has 0 radical (unpaired) electrons. The number of rotatable bonds is 4. The van der Waals surface area contributed by atoms with Crippen molar-refractivity contribution in [2.75, 3.05) is 6.54 Å². The molecule has 2 aliphatic rings. The molecule has 6 nitrogen and oxygen atoms in total. The number of benzene rings is 1. The second kappa shape index (κ2) is 7.57. The Bertz CT molecular complexity index is 756. The van der Waals surface area contributed by atoms with Gasteiger partial charge in [0.15, 0.2) is 0 Å². The molecule has 0 bridgehead atoms. The molecule has 152 valence electrons. The third kappa shape index (κ3) is 3.77. The Morgan fingerprint density at radius 2 is 1.89 bits per heavy atom. The van der Waals surface area contributed by atoms with Crippen molar-refractivity contribution >= 4 is 17.8 Å². The van der Waals surface area contributed by atoms with E-state index in [-0.39, 0.29) is 24.3 Å². The van der Waals surface area contributed by atoms with Crippen LogP contribution in [0.1, 0.15) is 58.9 Å². The predicted molar refractivity (Wildman–Crippen MR) is 107 cm³/mol. The van der Waals surface area contributed by atoms with Crippen LogP contribution in [0.4, 0.5) is 4.79 Å². The first-order valence-electron chi connectivity index (χ1n) is 10.1. The highest BCUT2D eigenvalue weighted by Crippen LogP contribution is 2.38. The van der Waals surface area contributed by atoms with Crippen molar-refractivity contribution in [2.24, 2.45) is 5.92 Å². The smallest absolute Gasteiger partial charge is 0.325 e. The van der Waals surface area contributed by atoms with E-state index in [2.05, 4.69) is 5.32 Å². The van der Waals surface area contributed by atoms with Crippen LogP contribution in [0.5, 0.6) is 0 Å². The molecule has 6 heteroatoms. The zero-order valence-electron chi connectivity index (χ0n) is 17.3. The van der Waals surface area contributed by atoms with Gasteiger partial charge in [-0.2, -0.15) is 0 Å². The fourth-order valence-corrected chi connectivity index (χ4v) is 4.33. The van der Waals surface area contributed by atoms with Gasteiger partial charge in [-0.25, -0.2) is 4.79 Å². The molecule has 28 heavy (non-hydrogen) atoms. The summed E-state index contributed by atoms with van der Waals surface area (Å²) in [6.07, 6.45) is 3.55. The Kier molecular flexibility index (Phi) is 5.50. The van der Waals surface area contributed by atoms with Crippen LogP contribution in [0.2, 0.25) is 0 Å². The topological polar surface area (TPSA) is 69.7 Å². The van der Waals surface area contributed by atoms with E-state index in [0.717, 1.165) is 29.7 Å². The van der Waals surface area contributed by atoms with Gasteiger partial charge >= 0.3 is 6.03 Å². The van der Waals surface area contributed by atoms with Gasteiger partial charge in [0.1, 0.15) is 12.1 Å². The number of nitrogens with zero attached hydrogens (tertiary/aromatic N) is 2. The molecule has 0 unspecified atom stereocenters. The fourth-order valence-electron chi connectivity index (χ4n) is 4.33. The van der Waals surface area contributed by atoms with Gasteiger partial charge in [-0.15, -0.1) is 0 Å². The first kappa shape index (κ1) is 20.4. The summed E-state index contributed by atoms with van der Waals surface area (Å²) >= 11 is 0. The number of carbonyl (C=O) groups excluding carboxylic acids is 3. The van der Waals surface area contributed by atoms with Crippen LogP contribution in [-0.2, 0) is 16.1 Å². The van der Waals surface area contributed by atoms with Crippen LogP contribution in [0, 0.1) is 5.92 Å². The second-order valence-corrected chi connectivity index (χ2v) is 9.08. The third-order valence-corrected chi connectivity index (χ3v) is 6.09. The maximum atomic E-state index is 13.1. The van der Waals surface area contributed by atoms with Crippen molar-refractivity contribution in [3.05, 3.63) is 35.9 Å². The zero-order chi connectivity index (χ0) is 20.5. The number of hydrogen-bond acceptors (Lipinski definition) is 3. The highest BCUT2D eigenvalue weighted by atomic mass is 16.2. The third-order valence-electron chi connectivity index (χ3n) is 6.09. The van der Waals surface area contributed by atoms with Crippen LogP contribution in [-0.4, -0.2) is 45.3 Å². The summed E-state index contributed by atoms with van der Waals surface area (Å²) in [7, 11) is 0. The number of nitrogens with one attached hydrogen (secondary N) is 1. The van der Waals surface area contributed by atoms with Crippen LogP contribution in [0.3, 0.4) is 0 Å². The van der Waals surface area contributed by atoms with Gasteiger partial charge in [0.05, 0.1) is 0 Å². The molecule has 1 saturated heterocycles. The summed E-state index contributed by atoms with van der Waals surface area (Å²) in [5, 5.41) is 2.92. The number of imide groups is 1. The number of urea groups is 1.